The van der Waals surface area contributed by atoms with Crippen molar-refractivity contribution in [2.45, 2.75) is 19.8 Å². The number of hydrogen-bond acceptors (Lipinski definition) is 5. The number of aromatic nitrogens is 2. The van der Waals surface area contributed by atoms with E-state index in [1.165, 1.54) is 7.11 Å². The van der Waals surface area contributed by atoms with Gasteiger partial charge in [0.2, 0.25) is 0 Å². The molecule has 8 heteroatoms. The number of rotatable bonds is 8. The zero-order chi connectivity index (χ0) is 18.5. The SMILES string of the molecule is COc1ccc(CN(C)Cn2ccc(-c3ccsc3)n2)cc1OC(F)F. The van der Waals surface area contributed by atoms with E-state index >= 15 is 0 Å². The van der Waals surface area contributed by atoms with Gasteiger partial charge in [0.25, 0.3) is 0 Å². The Balaban J connectivity index is 1.65. The summed E-state index contributed by atoms with van der Waals surface area (Å²) in [6.45, 7) is -1.77. The van der Waals surface area contributed by atoms with Gasteiger partial charge in [0, 0.05) is 23.7 Å². The van der Waals surface area contributed by atoms with Crippen molar-refractivity contribution in [1.82, 2.24) is 14.7 Å². The molecule has 2 aromatic heterocycles. The van der Waals surface area contributed by atoms with Crippen LogP contribution in [0, 0.1) is 0 Å². The Kier molecular flexibility index (Phi) is 5.85. The van der Waals surface area contributed by atoms with E-state index in [2.05, 4.69) is 15.2 Å². The van der Waals surface area contributed by atoms with Crippen LogP contribution in [0.1, 0.15) is 5.56 Å². The van der Waals surface area contributed by atoms with Crippen LogP contribution in [0.2, 0.25) is 0 Å². The second kappa shape index (κ2) is 8.29. The predicted molar refractivity (Wildman–Crippen MR) is 96.6 cm³/mol. The van der Waals surface area contributed by atoms with Gasteiger partial charge in [0.1, 0.15) is 0 Å². The molecule has 5 nitrogen and oxygen atoms in total. The lowest BCUT2D eigenvalue weighted by Gasteiger charge is -2.18. The highest BCUT2D eigenvalue weighted by molar-refractivity contribution is 7.08. The Morgan fingerprint density at radius 2 is 2.08 bits per heavy atom. The molecule has 0 bridgehead atoms. The van der Waals surface area contributed by atoms with Gasteiger partial charge in [-0.1, -0.05) is 6.07 Å². The molecule has 0 aliphatic heterocycles. The van der Waals surface area contributed by atoms with Gasteiger partial charge in [-0.3, -0.25) is 9.58 Å². The Bertz CT molecular complexity index is 837. The minimum Gasteiger partial charge on any atom is -0.493 e. The van der Waals surface area contributed by atoms with Crippen LogP contribution in [0.3, 0.4) is 0 Å². The summed E-state index contributed by atoms with van der Waals surface area (Å²) in [5, 5.41) is 8.63. The summed E-state index contributed by atoms with van der Waals surface area (Å²) in [6.07, 6.45) is 1.92. The number of benzene rings is 1. The summed E-state index contributed by atoms with van der Waals surface area (Å²) in [5.41, 5.74) is 2.87. The van der Waals surface area contributed by atoms with Gasteiger partial charge in [0.05, 0.1) is 19.5 Å². The molecule has 0 saturated heterocycles. The first kappa shape index (κ1) is 18.3. The van der Waals surface area contributed by atoms with Crippen LogP contribution in [-0.4, -0.2) is 35.4 Å². The zero-order valence-corrected chi connectivity index (χ0v) is 15.2. The monoisotopic (exact) mass is 379 g/mol. The maximum absolute atomic E-state index is 12.5. The van der Waals surface area contributed by atoms with Crippen LogP contribution < -0.4 is 9.47 Å². The van der Waals surface area contributed by atoms with Crippen LogP contribution in [0.25, 0.3) is 11.3 Å². The van der Waals surface area contributed by atoms with Gasteiger partial charge < -0.3 is 9.47 Å². The van der Waals surface area contributed by atoms with Gasteiger partial charge in [0.15, 0.2) is 11.5 Å². The second-order valence-electron chi connectivity index (χ2n) is 5.77. The molecule has 0 saturated carbocycles. The smallest absolute Gasteiger partial charge is 0.387 e. The second-order valence-corrected chi connectivity index (χ2v) is 6.55. The minimum atomic E-state index is -2.89. The molecule has 3 aromatic rings. The maximum atomic E-state index is 12.5. The number of ether oxygens (including phenoxy) is 2. The number of hydrogen-bond donors (Lipinski definition) is 0. The van der Waals surface area contributed by atoms with E-state index in [9.17, 15) is 8.78 Å². The van der Waals surface area contributed by atoms with E-state index < -0.39 is 6.61 Å². The van der Waals surface area contributed by atoms with Crippen molar-refractivity contribution in [3.05, 3.63) is 52.9 Å². The van der Waals surface area contributed by atoms with Gasteiger partial charge in [-0.05, 0) is 42.3 Å². The van der Waals surface area contributed by atoms with Gasteiger partial charge in [-0.2, -0.15) is 25.2 Å². The summed E-state index contributed by atoms with van der Waals surface area (Å²) in [4.78, 5) is 2.03. The molecule has 26 heavy (non-hydrogen) atoms. The van der Waals surface area contributed by atoms with E-state index in [1.807, 2.05) is 46.4 Å². The number of nitrogens with zero attached hydrogens (tertiary/aromatic N) is 3. The highest BCUT2D eigenvalue weighted by atomic mass is 32.1. The van der Waals surface area contributed by atoms with Crippen LogP contribution in [0.5, 0.6) is 11.5 Å². The molecule has 0 fully saturated rings. The van der Waals surface area contributed by atoms with E-state index in [1.54, 1.807) is 23.5 Å². The molecule has 2 heterocycles. The highest BCUT2D eigenvalue weighted by Crippen LogP contribution is 2.30. The molecule has 3 rings (SSSR count). The first-order chi connectivity index (χ1) is 12.5. The minimum absolute atomic E-state index is 0.0345. The lowest BCUT2D eigenvalue weighted by Crippen LogP contribution is -2.22. The summed E-state index contributed by atoms with van der Waals surface area (Å²) in [6, 6.07) is 9.03. The predicted octanol–water partition coefficient (Wildman–Crippen LogP) is 4.31. The molecular formula is C18H19F2N3O2S. The lowest BCUT2D eigenvalue weighted by molar-refractivity contribution is -0.0512. The average molecular weight is 379 g/mol. The third-order valence-corrected chi connectivity index (χ3v) is 4.42. The van der Waals surface area contributed by atoms with E-state index in [-0.39, 0.29) is 11.5 Å². The fraction of sp³-hybridized carbons (Fsp3) is 0.278. The first-order valence-corrected chi connectivity index (χ1v) is 8.85. The fourth-order valence-corrected chi connectivity index (χ4v) is 3.27. The van der Waals surface area contributed by atoms with Crippen LogP contribution in [0.4, 0.5) is 8.78 Å². The Labute approximate surface area is 154 Å². The molecule has 0 radical (unpaired) electrons. The van der Waals surface area contributed by atoms with Crippen molar-refractivity contribution in [1.29, 1.82) is 0 Å². The number of methoxy groups -OCH3 is 1. The van der Waals surface area contributed by atoms with Crippen molar-refractivity contribution < 1.29 is 18.3 Å². The molecule has 0 aliphatic carbocycles. The van der Waals surface area contributed by atoms with Gasteiger partial charge in [-0.25, -0.2) is 0 Å². The number of alkyl halides is 2. The molecule has 0 N–H and O–H groups in total. The summed E-state index contributed by atoms with van der Waals surface area (Å²) >= 11 is 1.63. The Morgan fingerprint density at radius 3 is 2.77 bits per heavy atom. The zero-order valence-electron chi connectivity index (χ0n) is 14.4. The Morgan fingerprint density at radius 1 is 1.23 bits per heavy atom. The third kappa shape index (κ3) is 4.59. The van der Waals surface area contributed by atoms with Crippen LogP contribution in [0.15, 0.2) is 47.3 Å². The van der Waals surface area contributed by atoms with Crippen LogP contribution >= 0.6 is 11.3 Å². The van der Waals surface area contributed by atoms with Crippen molar-refractivity contribution in [3.8, 4) is 22.8 Å². The van der Waals surface area contributed by atoms with Crippen molar-refractivity contribution in [2.24, 2.45) is 0 Å². The Hall–Kier alpha value is -2.45. The fourth-order valence-electron chi connectivity index (χ4n) is 2.62. The molecule has 1 aromatic carbocycles. The average Bonchev–Trinajstić information content (AvgIpc) is 3.25. The molecule has 0 spiro atoms. The van der Waals surface area contributed by atoms with Gasteiger partial charge >= 0.3 is 6.61 Å². The molecule has 138 valence electrons. The highest BCUT2D eigenvalue weighted by Gasteiger charge is 2.12. The number of thiophene rings is 1. The topological polar surface area (TPSA) is 39.5 Å². The van der Waals surface area contributed by atoms with Crippen LogP contribution in [-0.2, 0) is 13.2 Å². The van der Waals surface area contributed by atoms with E-state index in [0.717, 1.165) is 16.8 Å². The maximum Gasteiger partial charge on any atom is 0.387 e. The van der Waals surface area contributed by atoms with Gasteiger partial charge in [-0.15, -0.1) is 0 Å². The normalized spacial score (nSPS) is 11.3. The van der Waals surface area contributed by atoms with Crippen molar-refractivity contribution in [2.75, 3.05) is 14.2 Å². The van der Waals surface area contributed by atoms with E-state index in [0.29, 0.717) is 13.2 Å². The molecule has 0 unspecified atom stereocenters. The molecular weight excluding hydrogens is 360 g/mol. The summed E-state index contributed by atoms with van der Waals surface area (Å²) in [7, 11) is 3.35. The standard InChI is InChI=1S/C18H19F2N3O2S/c1-22(12-23-7-5-15(21-23)14-6-8-26-11-14)10-13-3-4-16(24-2)17(9-13)25-18(19)20/h3-9,11,18H,10,12H2,1-2H3. The summed E-state index contributed by atoms with van der Waals surface area (Å²) in [5.74, 6) is 0.316. The van der Waals surface area contributed by atoms with E-state index in [4.69, 9.17) is 4.74 Å². The number of halogens is 2. The lowest BCUT2D eigenvalue weighted by atomic mass is 10.2. The molecule has 0 amide bonds. The first-order valence-electron chi connectivity index (χ1n) is 7.91. The van der Waals surface area contributed by atoms with Crippen molar-refractivity contribution in [3.63, 3.8) is 0 Å². The van der Waals surface area contributed by atoms with Crippen molar-refractivity contribution >= 4 is 11.3 Å². The largest absolute Gasteiger partial charge is 0.493 e. The quantitative estimate of drug-likeness (QED) is 0.585. The summed E-state index contributed by atoms with van der Waals surface area (Å²) < 4.78 is 36.5. The molecule has 0 atom stereocenters. The molecule has 0 aliphatic rings. The third-order valence-electron chi connectivity index (χ3n) is 3.74.